The Bertz CT molecular complexity index is 892. The molecule has 0 saturated heterocycles. The number of nitrogens with one attached hydrogen (secondary N) is 1. The minimum atomic E-state index is -1.07. The van der Waals surface area contributed by atoms with Crippen LogP contribution in [0.15, 0.2) is 42.5 Å². The van der Waals surface area contributed by atoms with Gasteiger partial charge in [-0.05, 0) is 38.4 Å². The van der Waals surface area contributed by atoms with Crippen LogP contribution < -0.4 is 5.32 Å². The highest BCUT2D eigenvalue weighted by molar-refractivity contribution is 6.24. The summed E-state index contributed by atoms with van der Waals surface area (Å²) in [7, 11) is 3.74. The van der Waals surface area contributed by atoms with E-state index in [0.717, 1.165) is 0 Å². The first-order valence-electron chi connectivity index (χ1n) is 8.13. The van der Waals surface area contributed by atoms with Crippen LogP contribution in [0.4, 0.5) is 11.4 Å². The van der Waals surface area contributed by atoms with Gasteiger partial charge in [-0.2, -0.15) is 0 Å². The zero-order valence-electron chi connectivity index (χ0n) is 14.5. The molecule has 0 saturated carbocycles. The molecule has 2 amide bonds. The SMILES string of the molecule is CN(C)CCN1C(=O)c2cccc(Nc3ccccc3C(=O)O)c2C1=O. The lowest BCUT2D eigenvalue weighted by molar-refractivity contribution is 0.0642. The van der Waals surface area contributed by atoms with Gasteiger partial charge in [-0.3, -0.25) is 14.5 Å². The lowest BCUT2D eigenvalue weighted by atomic mass is 10.1. The van der Waals surface area contributed by atoms with Crippen molar-refractivity contribution in [3.05, 3.63) is 59.2 Å². The van der Waals surface area contributed by atoms with Gasteiger partial charge in [-0.25, -0.2) is 4.79 Å². The Morgan fingerprint density at radius 3 is 2.42 bits per heavy atom. The summed E-state index contributed by atoms with van der Waals surface area (Å²) in [6.07, 6.45) is 0. The van der Waals surface area contributed by atoms with Gasteiger partial charge in [0.2, 0.25) is 0 Å². The number of rotatable bonds is 6. The third-order valence-electron chi connectivity index (χ3n) is 4.20. The zero-order chi connectivity index (χ0) is 18.8. The van der Waals surface area contributed by atoms with Gasteiger partial charge in [0.15, 0.2) is 0 Å². The van der Waals surface area contributed by atoms with Crippen LogP contribution in [0, 0.1) is 0 Å². The molecule has 1 aliphatic heterocycles. The average molecular weight is 353 g/mol. The standard InChI is InChI=1S/C19H19N3O4/c1-21(2)10-11-22-17(23)13-7-5-9-15(16(13)18(22)24)20-14-8-4-3-6-12(14)19(25)26/h3-9,20H,10-11H2,1-2H3,(H,25,26). The van der Waals surface area contributed by atoms with Crippen molar-refractivity contribution < 1.29 is 19.5 Å². The van der Waals surface area contributed by atoms with Crippen LogP contribution in [0.3, 0.4) is 0 Å². The lowest BCUT2D eigenvalue weighted by Crippen LogP contribution is -2.36. The average Bonchev–Trinajstić information content (AvgIpc) is 2.85. The van der Waals surface area contributed by atoms with E-state index in [1.54, 1.807) is 36.4 Å². The molecule has 1 aliphatic rings. The molecule has 7 nitrogen and oxygen atoms in total. The number of nitrogens with zero attached hydrogens (tertiary/aromatic N) is 2. The topological polar surface area (TPSA) is 89.9 Å². The van der Waals surface area contributed by atoms with Crippen LogP contribution in [0.5, 0.6) is 0 Å². The molecule has 0 aliphatic carbocycles. The van der Waals surface area contributed by atoms with Gasteiger partial charge in [0.05, 0.1) is 28.1 Å². The number of para-hydroxylation sites is 1. The molecule has 0 fully saturated rings. The van der Waals surface area contributed by atoms with Crippen LogP contribution in [0.25, 0.3) is 0 Å². The first-order valence-corrected chi connectivity index (χ1v) is 8.13. The van der Waals surface area contributed by atoms with Crippen LogP contribution in [0.1, 0.15) is 31.1 Å². The maximum atomic E-state index is 12.8. The Labute approximate surface area is 150 Å². The van der Waals surface area contributed by atoms with Crippen molar-refractivity contribution in [2.75, 3.05) is 32.5 Å². The minimum Gasteiger partial charge on any atom is -0.478 e. The molecule has 0 bridgehead atoms. The van der Waals surface area contributed by atoms with E-state index in [-0.39, 0.29) is 22.9 Å². The van der Waals surface area contributed by atoms with E-state index in [1.807, 2.05) is 19.0 Å². The lowest BCUT2D eigenvalue weighted by Gasteiger charge is -2.17. The highest BCUT2D eigenvalue weighted by Crippen LogP contribution is 2.32. The summed E-state index contributed by atoms with van der Waals surface area (Å²) in [6, 6.07) is 11.4. The normalized spacial score (nSPS) is 13.3. The quantitative estimate of drug-likeness (QED) is 0.775. The summed E-state index contributed by atoms with van der Waals surface area (Å²) in [5.41, 5.74) is 1.47. The zero-order valence-corrected chi connectivity index (χ0v) is 14.5. The number of carboxylic acids is 1. The smallest absolute Gasteiger partial charge is 0.337 e. The molecular weight excluding hydrogens is 334 g/mol. The summed E-state index contributed by atoms with van der Waals surface area (Å²) in [4.78, 5) is 39.8. The number of hydrogen-bond donors (Lipinski definition) is 2. The fourth-order valence-electron chi connectivity index (χ4n) is 2.86. The number of imide groups is 1. The number of aromatic carboxylic acids is 1. The number of benzene rings is 2. The Balaban J connectivity index is 1.96. The van der Waals surface area contributed by atoms with Crippen molar-refractivity contribution in [3.63, 3.8) is 0 Å². The maximum Gasteiger partial charge on any atom is 0.337 e. The summed E-state index contributed by atoms with van der Waals surface area (Å²) < 4.78 is 0. The molecule has 0 spiro atoms. The summed E-state index contributed by atoms with van der Waals surface area (Å²) >= 11 is 0. The van der Waals surface area contributed by atoms with E-state index in [2.05, 4.69) is 5.32 Å². The number of hydrogen-bond acceptors (Lipinski definition) is 5. The predicted octanol–water partition coefficient (Wildman–Crippen LogP) is 2.29. The maximum absolute atomic E-state index is 12.8. The van der Waals surface area contributed by atoms with Gasteiger partial charge < -0.3 is 15.3 Å². The summed E-state index contributed by atoms with van der Waals surface area (Å²) in [6.45, 7) is 0.862. The highest BCUT2D eigenvalue weighted by atomic mass is 16.4. The first kappa shape index (κ1) is 17.6. The van der Waals surface area contributed by atoms with Crippen LogP contribution >= 0.6 is 0 Å². The monoisotopic (exact) mass is 353 g/mol. The Kier molecular flexibility index (Phi) is 4.73. The van der Waals surface area contributed by atoms with E-state index in [4.69, 9.17) is 0 Å². The van der Waals surface area contributed by atoms with Gasteiger partial charge in [-0.15, -0.1) is 0 Å². The molecule has 0 radical (unpaired) electrons. The number of fused-ring (bicyclic) bond motifs is 1. The van der Waals surface area contributed by atoms with Crippen molar-refractivity contribution in [3.8, 4) is 0 Å². The molecule has 0 unspecified atom stereocenters. The second kappa shape index (κ2) is 6.97. The number of carbonyl (C=O) groups excluding carboxylic acids is 2. The third-order valence-corrected chi connectivity index (χ3v) is 4.20. The molecule has 0 atom stereocenters. The number of carbonyl (C=O) groups is 3. The molecule has 1 heterocycles. The van der Waals surface area contributed by atoms with Gasteiger partial charge in [0.25, 0.3) is 11.8 Å². The predicted molar refractivity (Wildman–Crippen MR) is 97.0 cm³/mol. The largest absolute Gasteiger partial charge is 0.478 e. The molecule has 2 N–H and O–H groups in total. The molecular formula is C19H19N3O4. The van der Waals surface area contributed by atoms with Crippen molar-refractivity contribution in [2.45, 2.75) is 0 Å². The number of anilines is 2. The van der Waals surface area contributed by atoms with Gasteiger partial charge >= 0.3 is 5.97 Å². The van der Waals surface area contributed by atoms with Crippen LogP contribution in [-0.2, 0) is 0 Å². The second-order valence-corrected chi connectivity index (χ2v) is 6.27. The molecule has 3 rings (SSSR count). The Hall–Kier alpha value is -3.19. The third kappa shape index (κ3) is 3.16. The molecule has 26 heavy (non-hydrogen) atoms. The van der Waals surface area contributed by atoms with E-state index in [1.165, 1.54) is 11.0 Å². The number of likely N-dealkylation sites (N-methyl/N-ethyl adjacent to an activating group) is 1. The molecule has 0 aromatic heterocycles. The molecule has 7 heteroatoms. The van der Waals surface area contributed by atoms with Crippen molar-refractivity contribution in [2.24, 2.45) is 0 Å². The van der Waals surface area contributed by atoms with Gasteiger partial charge in [0.1, 0.15) is 0 Å². The first-order chi connectivity index (χ1) is 12.4. The minimum absolute atomic E-state index is 0.0892. The van der Waals surface area contributed by atoms with Crippen LogP contribution in [0.2, 0.25) is 0 Å². The van der Waals surface area contributed by atoms with E-state index >= 15 is 0 Å². The molecule has 2 aromatic carbocycles. The number of carboxylic acid groups (broad SMARTS) is 1. The van der Waals surface area contributed by atoms with E-state index in [9.17, 15) is 19.5 Å². The summed E-state index contributed by atoms with van der Waals surface area (Å²) in [5, 5.41) is 12.3. The van der Waals surface area contributed by atoms with E-state index in [0.29, 0.717) is 30.0 Å². The van der Waals surface area contributed by atoms with Crippen molar-refractivity contribution in [1.29, 1.82) is 0 Å². The van der Waals surface area contributed by atoms with Gasteiger partial charge in [0, 0.05) is 13.1 Å². The fourth-order valence-corrected chi connectivity index (χ4v) is 2.86. The Morgan fingerprint density at radius 2 is 1.73 bits per heavy atom. The molecule has 2 aromatic rings. The van der Waals surface area contributed by atoms with Crippen LogP contribution in [-0.4, -0.2) is 59.9 Å². The van der Waals surface area contributed by atoms with Gasteiger partial charge in [-0.1, -0.05) is 18.2 Å². The second-order valence-electron chi connectivity index (χ2n) is 6.27. The van der Waals surface area contributed by atoms with E-state index < -0.39 is 5.97 Å². The highest BCUT2D eigenvalue weighted by Gasteiger charge is 2.37. The molecule has 134 valence electrons. The fraction of sp³-hybridized carbons (Fsp3) is 0.211. The summed E-state index contributed by atoms with van der Waals surface area (Å²) in [5.74, 6) is -1.78. The number of amides is 2. The Morgan fingerprint density at radius 1 is 1.04 bits per heavy atom. The van der Waals surface area contributed by atoms with Crippen molar-refractivity contribution >= 4 is 29.2 Å². The van der Waals surface area contributed by atoms with Crippen molar-refractivity contribution in [1.82, 2.24) is 9.80 Å².